The standard InChI is InChI=1S/C23H26N4O2/c1-16(2)27-21-11-7-5-9-19(21)25-22(27)14-24-23(28)18-15-26(12-13-29-3)20-10-6-4-8-17(18)20/h4-11,15-16H,12-14H2,1-3H3,(H,24,28). The Hall–Kier alpha value is -3.12. The zero-order valence-corrected chi connectivity index (χ0v) is 17.1. The van der Waals surface area contributed by atoms with Crippen LogP contribution in [0.4, 0.5) is 0 Å². The van der Waals surface area contributed by atoms with Gasteiger partial charge in [-0.05, 0) is 32.0 Å². The topological polar surface area (TPSA) is 61.1 Å². The van der Waals surface area contributed by atoms with Crippen molar-refractivity contribution in [2.45, 2.75) is 33.0 Å². The molecule has 0 fully saturated rings. The average molecular weight is 390 g/mol. The molecule has 0 bridgehead atoms. The summed E-state index contributed by atoms with van der Waals surface area (Å²) in [7, 11) is 1.68. The highest BCUT2D eigenvalue weighted by atomic mass is 16.5. The summed E-state index contributed by atoms with van der Waals surface area (Å²) in [6, 6.07) is 16.3. The molecule has 0 aliphatic carbocycles. The van der Waals surface area contributed by atoms with Crippen molar-refractivity contribution in [2.24, 2.45) is 0 Å². The number of rotatable bonds is 7. The molecular weight excluding hydrogens is 364 g/mol. The largest absolute Gasteiger partial charge is 0.383 e. The van der Waals surface area contributed by atoms with Gasteiger partial charge >= 0.3 is 0 Å². The molecule has 0 atom stereocenters. The first-order valence-electron chi connectivity index (χ1n) is 9.91. The summed E-state index contributed by atoms with van der Waals surface area (Å²) in [4.78, 5) is 17.8. The molecule has 2 aromatic heterocycles. The second-order valence-corrected chi connectivity index (χ2v) is 7.41. The Morgan fingerprint density at radius 1 is 1.10 bits per heavy atom. The minimum atomic E-state index is -0.0975. The van der Waals surface area contributed by atoms with E-state index < -0.39 is 0 Å². The van der Waals surface area contributed by atoms with Gasteiger partial charge in [-0.1, -0.05) is 30.3 Å². The van der Waals surface area contributed by atoms with Crippen LogP contribution in [-0.2, 0) is 17.8 Å². The molecule has 0 aliphatic heterocycles. The number of hydrogen-bond acceptors (Lipinski definition) is 3. The SMILES string of the molecule is COCCn1cc(C(=O)NCc2nc3ccccc3n2C(C)C)c2ccccc21. The van der Waals surface area contributed by atoms with E-state index in [0.717, 1.165) is 27.8 Å². The Kier molecular flexibility index (Phi) is 5.36. The molecule has 0 aliphatic rings. The van der Waals surface area contributed by atoms with Gasteiger partial charge in [0.25, 0.3) is 5.91 Å². The number of benzene rings is 2. The molecule has 1 amide bonds. The van der Waals surface area contributed by atoms with Crippen LogP contribution in [0.1, 0.15) is 36.1 Å². The van der Waals surface area contributed by atoms with E-state index in [2.05, 4.69) is 34.4 Å². The van der Waals surface area contributed by atoms with Crippen LogP contribution in [-0.4, -0.2) is 33.7 Å². The number of imidazole rings is 1. The highest BCUT2D eigenvalue weighted by molar-refractivity contribution is 6.07. The number of nitrogens with one attached hydrogen (secondary N) is 1. The molecule has 150 valence electrons. The van der Waals surface area contributed by atoms with Crippen LogP contribution in [0, 0.1) is 0 Å². The van der Waals surface area contributed by atoms with Crippen molar-refractivity contribution >= 4 is 27.8 Å². The maximum absolute atomic E-state index is 13.0. The van der Waals surface area contributed by atoms with Gasteiger partial charge < -0.3 is 19.2 Å². The number of hydrogen-bond donors (Lipinski definition) is 1. The third kappa shape index (κ3) is 3.63. The van der Waals surface area contributed by atoms with Crippen molar-refractivity contribution in [1.82, 2.24) is 19.4 Å². The van der Waals surface area contributed by atoms with E-state index in [0.29, 0.717) is 25.3 Å². The number of methoxy groups -OCH3 is 1. The first-order valence-corrected chi connectivity index (χ1v) is 9.91. The van der Waals surface area contributed by atoms with E-state index in [4.69, 9.17) is 9.72 Å². The van der Waals surface area contributed by atoms with Crippen LogP contribution in [0.15, 0.2) is 54.7 Å². The fraction of sp³-hybridized carbons (Fsp3) is 0.304. The summed E-state index contributed by atoms with van der Waals surface area (Å²) >= 11 is 0. The van der Waals surface area contributed by atoms with Gasteiger partial charge in [-0.2, -0.15) is 0 Å². The Labute approximate surface area is 170 Å². The van der Waals surface area contributed by atoms with E-state index in [-0.39, 0.29) is 11.9 Å². The van der Waals surface area contributed by atoms with Crippen LogP contribution in [0.3, 0.4) is 0 Å². The van der Waals surface area contributed by atoms with Crippen LogP contribution in [0.2, 0.25) is 0 Å². The Morgan fingerprint density at radius 2 is 1.83 bits per heavy atom. The van der Waals surface area contributed by atoms with E-state index in [1.54, 1.807) is 7.11 Å². The molecule has 4 aromatic rings. The summed E-state index contributed by atoms with van der Waals surface area (Å²) in [5, 5.41) is 4.01. The minimum Gasteiger partial charge on any atom is -0.383 e. The normalized spacial score (nSPS) is 11.6. The number of para-hydroxylation sites is 3. The summed E-state index contributed by atoms with van der Waals surface area (Å²) in [6.07, 6.45) is 1.91. The number of ether oxygens (including phenoxy) is 1. The Morgan fingerprint density at radius 3 is 2.59 bits per heavy atom. The van der Waals surface area contributed by atoms with E-state index >= 15 is 0 Å². The van der Waals surface area contributed by atoms with Gasteiger partial charge in [-0.25, -0.2) is 4.98 Å². The third-order valence-corrected chi connectivity index (χ3v) is 5.16. The maximum atomic E-state index is 13.0. The van der Waals surface area contributed by atoms with Crippen molar-refractivity contribution in [2.75, 3.05) is 13.7 Å². The summed E-state index contributed by atoms with van der Waals surface area (Å²) < 4.78 is 9.45. The van der Waals surface area contributed by atoms with Gasteiger partial charge in [-0.3, -0.25) is 4.79 Å². The predicted molar refractivity (Wildman–Crippen MR) is 115 cm³/mol. The van der Waals surface area contributed by atoms with Gasteiger partial charge in [0.05, 0.1) is 29.7 Å². The van der Waals surface area contributed by atoms with Crippen LogP contribution in [0.5, 0.6) is 0 Å². The van der Waals surface area contributed by atoms with E-state index in [1.165, 1.54) is 0 Å². The molecule has 6 heteroatoms. The third-order valence-electron chi connectivity index (χ3n) is 5.16. The molecule has 0 saturated carbocycles. The van der Waals surface area contributed by atoms with E-state index in [9.17, 15) is 4.79 Å². The van der Waals surface area contributed by atoms with Gasteiger partial charge in [-0.15, -0.1) is 0 Å². The molecule has 2 aromatic carbocycles. The molecular formula is C23H26N4O2. The fourth-order valence-electron chi connectivity index (χ4n) is 3.85. The van der Waals surface area contributed by atoms with Gasteiger partial charge in [0, 0.05) is 36.8 Å². The van der Waals surface area contributed by atoms with Crippen LogP contribution >= 0.6 is 0 Å². The number of nitrogens with zero attached hydrogens (tertiary/aromatic N) is 3. The monoisotopic (exact) mass is 390 g/mol. The first-order chi connectivity index (χ1) is 14.1. The Balaban J connectivity index is 1.61. The van der Waals surface area contributed by atoms with Gasteiger partial charge in [0.1, 0.15) is 5.82 Å². The predicted octanol–water partition coefficient (Wildman–Crippen LogP) is 4.15. The minimum absolute atomic E-state index is 0.0975. The van der Waals surface area contributed by atoms with Gasteiger partial charge in [0.2, 0.25) is 0 Å². The van der Waals surface area contributed by atoms with Crippen LogP contribution in [0.25, 0.3) is 21.9 Å². The van der Waals surface area contributed by atoms with Crippen LogP contribution < -0.4 is 5.32 Å². The zero-order valence-electron chi connectivity index (χ0n) is 17.1. The summed E-state index contributed by atoms with van der Waals surface area (Å²) in [6.45, 7) is 5.93. The second kappa shape index (κ2) is 8.09. The van der Waals surface area contributed by atoms with Crippen molar-refractivity contribution in [3.05, 3.63) is 66.1 Å². The van der Waals surface area contributed by atoms with Gasteiger partial charge in [0.15, 0.2) is 0 Å². The average Bonchev–Trinajstić information content (AvgIpc) is 3.29. The summed E-state index contributed by atoms with van der Waals surface area (Å²) in [5.74, 6) is 0.761. The van der Waals surface area contributed by atoms with Crippen molar-refractivity contribution < 1.29 is 9.53 Å². The number of carbonyl (C=O) groups excluding carboxylic acids is 1. The molecule has 6 nitrogen and oxygen atoms in total. The molecule has 4 rings (SSSR count). The van der Waals surface area contributed by atoms with E-state index in [1.807, 2.05) is 48.7 Å². The lowest BCUT2D eigenvalue weighted by atomic mass is 10.1. The van der Waals surface area contributed by atoms with Crippen molar-refractivity contribution in [3.63, 3.8) is 0 Å². The maximum Gasteiger partial charge on any atom is 0.253 e. The smallest absolute Gasteiger partial charge is 0.253 e. The molecule has 0 unspecified atom stereocenters. The quantitative estimate of drug-likeness (QED) is 0.516. The molecule has 29 heavy (non-hydrogen) atoms. The number of amides is 1. The molecule has 0 spiro atoms. The number of carbonyl (C=O) groups is 1. The molecule has 0 saturated heterocycles. The number of aromatic nitrogens is 3. The van der Waals surface area contributed by atoms with Crippen molar-refractivity contribution in [3.8, 4) is 0 Å². The first kappa shape index (κ1) is 19.2. The van der Waals surface area contributed by atoms with Crippen molar-refractivity contribution in [1.29, 1.82) is 0 Å². The lowest BCUT2D eigenvalue weighted by Gasteiger charge is -2.13. The molecule has 0 radical (unpaired) electrons. The fourth-order valence-corrected chi connectivity index (χ4v) is 3.85. The lowest BCUT2D eigenvalue weighted by Crippen LogP contribution is -2.25. The molecule has 2 heterocycles. The zero-order chi connectivity index (χ0) is 20.4. The highest BCUT2D eigenvalue weighted by Gasteiger charge is 2.17. The second-order valence-electron chi connectivity index (χ2n) is 7.41. The summed E-state index contributed by atoms with van der Waals surface area (Å²) in [5.41, 5.74) is 3.73. The molecule has 1 N–H and O–H groups in total. The lowest BCUT2D eigenvalue weighted by molar-refractivity contribution is 0.0950. The number of fused-ring (bicyclic) bond motifs is 2. The highest BCUT2D eigenvalue weighted by Crippen LogP contribution is 2.23. The Bertz CT molecular complexity index is 1160.